The van der Waals surface area contributed by atoms with Crippen molar-refractivity contribution in [3.05, 3.63) is 11.6 Å². The molecule has 0 aliphatic carbocycles. The zero-order valence-corrected chi connectivity index (χ0v) is 23.2. The van der Waals surface area contributed by atoms with Gasteiger partial charge in [0.2, 0.25) is 0 Å². The van der Waals surface area contributed by atoms with E-state index >= 15 is 0 Å². The summed E-state index contributed by atoms with van der Waals surface area (Å²) in [7, 11) is -3.53. The lowest BCUT2D eigenvalue weighted by Crippen LogP contribution is -2.44. The van der Waals surface area contributed by atoms with Crippen LogP contribution in [-0.2, 0) is 18.4 Å². The third kappa shape index (κ3) is 19.5. The van der Waals surface area contributed by atoms with Gasteiger partial charge in [0.25, 0.3) is 0 Å². The van der Waals surface area contributed by atoms with Gasteiger partial charge in [-0.05, 0) is 90.1 Å². The van der Waals surface area contributed by atoms with Crippen LogP contribution in [0.3, 0.4) is 0 Å². The smallest absolute Gasteiger partial charge is 0.305 e. The van der Waals surface area contributed by atoms with Gasteiger partial charge in [0.15, 0.2) is 16.6 Å². The van der Waals surface area contributed by atoms with Crippen LogP contribution < -0.4 is 0 Å². The number of unbranched alkanes of at least 4 members (excludes halogenated alkanes) is 2. The van der Waals surface area contributed by atoms with Gasteiger partial charge in [-0.2, -0.15) is 0 Å². The topological polar surface area (TPSA) is 72.8 Å². The zero-order chi connectivity index (χ0) is 23.9. The Kier molecular flexibility index (Phi) is 15.3. The molecule has 7 heteroatoms. The number of carboxylic acids is 1. The summed E-state index contributed by atoms with van der Waals surface area (Å²) in [4.78, 5) is 22.6. The SMILES string of the molecule is CC(C)=CCCC(C)CCOC(=O)CCCC[Si](C)(C)O[Si](C)(C)CCCCC(=O)O. The number of rotatable bonds is 18. The minimum atomic E-state index is -1.77. The predicted octanol–water partition coefficient (Wildman–Crippen LogP) is 7.15. The Morgan fingerprint density at radius 2 is 1.45 bits per heavy atom. The Morgan fingerprint density at radius 3 is 1.97 bits per heavy atom. The minimum absolute atomic E-state index is 0.0787. The third-order valence-corrected chi connectivity index (χ3v) is 13.0. The van der Waals surface area contributed by atoms with E-state index in [1.54, 1.807) is 0 Å². The Bertz CT molecular complexity index is 554. The van der Waals surface area contributed by atoms with Crippen molar-refractivity contribution in [2.45, 2.75) is 117 Å². The first-order chi connectivity index (χ1) is 14.3. The Hall–Kier alpha value is -0.926. The summed E-state index contributed by atoms with van der Waals surface area (Å²) in [5, 5.41) is 8.76. The van der Waals surface area contributed by atoms with Crippen molar-refractivity contribution >= 4 is 28.6 Å². The molecule has 182 valence electrons. The van der Waals surface area contributed by atoms with Gasteiger partial charge >= 0.3 is 11.9 Å². The molecule has 0 heterocycles. The molecule has 0 bridgehead atoms. The average Bonchev–Trinajstić information content (AvgIpc) is 2.61. The number of hydrogen-bond donors (Lipinski definition) is 1. The maximum atomic E-state index is 12.0. The van der Waals surface area contributed by atoms with E-state index in [1.165, 1.54) is 5.57 Å². The molecule has 1 N–H and O–H groups in total. The fourth-order valence-electron chi connectivity index (χ4n) is 3.74. The maximum absolute atomic E-state index is 12.0. The highest BCUT2D eigenvalue weighted by Gasteiger charge is 2.32. The number of esters is 1. The van der Waals surface area contributed by atoms with E-state index in [0.717, 1.165) is 57.0 Å². The quantitative estimate of drug-likeness (QED) is 0.0991. The molecule has 31 heavy (non-hydrogen) atoms. The van der Waals surface area contributed by atoms with Gasteiger partial charge in [0.1, 0.15) is 0 Å². The summed E-state index contributed by atoms with van der Waals surface area (Å²) in [5.41, 5.74) is 1.36. The van der Waals surface area contributed by atoms with Crippen LogP contribution in [0.4, 0.5) is 0 Å². The van der Waals surface area contributed by atoms with Crippen LogP contribution in [0.2, 0.25) is 38.3 Å². The Balaban J connectivity index is 3.96. The molecule has 0 fully saturated rings. The van der Waals surface area contributed by atoms with E-state index in [-0.39, 0.29) is 12.4 Å². The van der Waals surface area contributed by atoms with Crippen LogP contribution >= 0.6 is 0 Å². The molecule has 0 aromatic heterocycles. The molecule has 0 radical (unpaired) electrons. The summed E-state index contributed by atoms with van der Waals surface area (Å²) in [6, 6.07) is 2.06. The standard InChI is InChI=1S/C24H48O5Si2/c1-21(2)13-12-14-22(3)17-18-28-24(27)16-9-11-20-31(6,7)29-30(4,5)19-10-8-15-23(25)26/h13,22H,8-12,14-20H2,1-7H3,(H,25,26). The number of hydrogen-bond acceptors (Lipinski definition) is 4. The molecule has 0 aromatic rings. The van der Waals surface area contributed by atoms with Crippen LogP contribution in [0.1, 0.15) is 78.6 Å². The largest absolute Gasteiger partial charge is 0.481 e. The fraction of sp³-hybridized carbons (Fsp3) is 0.833. The number of carboxylic acid groups (broad SMARTS) is 1. The van der Waals surface area contributed by atoms with E-state index in [9.17, 15) is 9.59 Å². The van der Waals surface area contributed by atoms with Crippen molar-refractivity contribution < 1.29 is 23.5 Å². The monoisotopic (exact) mass is 472 g/mol. The van der Waals surface area contributed by atoms with E-state index in [4.69, 9.17) is 14.0 Å². The van der Waals surface area contributed by atoms with Gasteiger partial charge in [-0.25, -0.2) is 0 Å². The van der Waals surface area contributed by atoms with Crippen LogP contribution in [0.25, 0.3) is 0 Å². The highest BCUT2D eigenvalue weighted by atomic mass is 28.4. The molecule has 0 aromatic carbocycles. The highest BCUT2D eigenvalue weighted by molar-refractivity contribution is 6.84. The molecule has 1 atom stereocenters. The molecular formula is C24H48O5Si2. The molecule has 0 spiro atoms. The number of carbonyl (C=O) groups excluding carboxylic acids is 1. The van der Waals surface area contributed by atoms with Gasteiger partial charge in [0, 0.05) is 12.8 Å². The van der Waals surface area contributed by atoms with Gasteiger partial charge in [-0.1, -0.05) is 31.4 Å². The number of aliphatic carboxylic acids is 1. The summed E-state index contributed by atoms with van der Waals surface area (Å²) < 4.78 is 12.0. The lowest BCUT2D eigenvalue weighted by atomic mass is 10.0. The number of ether oxygens (including phenoxy) is 1. The molecule has 0 saturated carbocycles. The van der Waals surface area contributed by atoms with Crippen LogP contribution in [0, 0.1) is 5.92 Å². The van der Waals surface area contributed by atoms with Gasteiger partial charge in [-0.3, -0.25) is 9.59 Å². The Labute approximate surface area is 193 Å². The summed E-state index contributed by atoms with van der Waals surface area (Å²) >= 11 is 0. The van der Waals surface area contributed by atoms with Gasteiger partial charge in [-0.15, -0.1) is 0 Å². The van der Waals surface area contributed by atoms with Crippen LogP contribution in [-0.4, -0.2) is 40.3 Å². The second-order valence-corrected chi connectivity index (χ2v) is 19.3. The van der Waals surface area contributed by atoms with Crippen molar-refractivity contribution in [1.29, 1.82) is 0 Å². The first-order valence-corrected chi connectivity index (χ1v) is 18.3. The normalized spacial score (nSPS) is 13.0. The van der Waals surface area contributed by atoms with Crippen LogP contribution in [0.5, 0.6) is 0 Å². The van der Waals surface area contributed by atoms with Crippen molar-refractivity contribution in [2.75, 3.05) is 6.61 Å². The second kappa shape index (κ2) is 15.8. The lowest BCUT2D eigenvalue weighted by Gasteiger charge is -2.34. The van der Waals surface area contributed by atoms with E-state index in [2.05, 4.69) is 53.0 Å². The fourth-order valence-corrected chi connectivity index (χ4v) is 12.7. The number of carbonyl (C=O) groups is 2. The third-order valence-electron chi connectivity index (χ3n) is 5.47. The first kappa shape index (κ1) is 30.1. The molecule has 0 rings (SSSR count). The van der Waals surface area contributed by atoms with Gasteiger partial charge in [0.05, 0.1) is 6.61 Å². The molecule has 0 aliphatic heterocycles. The average molecular weight is 473 g/mol. The predicted molar refractivity (Wildman–Crippen MR) is 134 cm³/mol. The first-order valence-electron chi connectivity index (χ1n) is 12.0. The minimum Gasteiger partial charge on any atom is -0.481 e. The van der Waals surface area contributed by atoms with Crippen molar-refractivity contribution in [2.24, 2.45) is 5.92 Å². The van der Waals surface area contributed by atoms with Crippen molar-refractivity contribution in [3.63, 3.8) is 0 Å². The molecule has 0 aliphatic rings. The van der Waals surface area contributed by atoms with E-state index < -0.39 is 22.6 Å². The van der Waals surface area contributed by atoms with E-state index in [0.29, 0.717) is 18.9 Å². The zero-order valence-electron chi connectivity index (χ0n) is 21.2. The number of allylic oxidation sites excluding steroid dienone is 2. The van der Waals surface area contributed by atoms with E-state index in [1.807, 2.05) is 0 Å². The molecule has 1 unspecified atom stereocenters. The van der Waals surface area contributed by atoms with Crippen LogP contribution in [0.15, 0.2) is 11.6 Å². The Morgan fingerprint density at radius 1 is 0.903 bits per heavy atom. The van der Waals surface area contributed by atoms with Crippen molar-refractivity contribution in [3.8, 4) is 0 Å². The second-order valence-electron chi connectivity index (χ2n) is 10.4. The highest BCUT2D eigenvalue weighted by Crippen LogP contribution is 2.25. The molecule has 0 saturated heterocycles. The van der Waals surface area contributed by atoms with Crippen molar-refractivity contribution in [1.82, 2.24) is 0 Å². The lowest BCUT2D eigenvalue weighted by molar-refractivity contribution is -0.144. The summed E-state index contributed by atoms with van der Waals surface area (Å²) in [5.74, 6) is -0.225. The molecule has 0 amide bonds. The molecular weight excluding hydrogens is 424 g/mol. The maximum Gasteiger partial charge on any atom is 0.305 e. The molecule has 5 nitrogen and oxygen atoms in total. The summed E-state index contributed by atoms with van der Waals surface area (Å²) in [6.45, 7) is 16.0. The summed E-state index contributed by atoms with van der Waals surface area (Å²) in [6.07, 6.45) is 9.68. The van der Waals surface area contributed by atoms with Gasteiger partial charge < -0.3 is 14.0 Å².